The van der Waals surface area contributed by atoms with Crippen molar-refractivity contribution >= 4 is 0 Å². The molecule has 0 saturated carbocycles. The fraction of sp³-hybridized carbons (Fsp3) is 0.571. The fourth-order valence-electron chi connectivity index (χ4n) is 2.81. The van der Waals surface area contributed by atoms with E-state index in [2.05, 4.69) is 17.4 Å². The van der Waals surface area contributed by atoms with Crippen LogP contribution in [0.5, 0.6) is 11.5 Å². The number of benzene rings is 1. The van der Waals surface area contributed by atoms with Gasteiger partial charge in [0.2, 0.25) is 0 Å². The molecule has 1 atom stereocenters. The number of hydrogen-bond acceptors (Lipinski definition) is 3. The average molecular weight is 233 g/mol. The molecule has 92 valence electrons. The quantitative estimate of drug-likeness (QED) is 0.851. The Hall–Kier alpha value is -1.22. The van der Waals surface area contributed by atoms with Gasteiger partial charge in [-0.05, 0) is 49.9 Å². The van der Waals surface area contributed by atoms with Gasteiger partial charge in [0.15, 0.2) is 0 Å². The smallest absolute Gasteiger partial charge is 0.127 e. The molecule has 0 amide bonds. The molecule has 1 N–H and O–H groups in total. The lowest BCUT2D eigenvalue weighted by atomic mass is 9.96. The summed E-state index contributed by atoms with van der Waals surface area (Å²) in [6.07, 6.45) is 4.66. The number of nitrogens with one attached hydrogen (secondary N) is 1. The Morgan fingerprint density at radius 1 is 1.35 bits per heavy atom. The van der Waals surface area contributed by atoms with E-state index in [1.807, 2.05) is 0 Å². The minimum absolute atomic E-state index is 0.442. The molecule has 1 fully saturated rings. The lowest BCUT2D eigenvalue weighted by molar-refractivity contribution is 0.281. The second kappa shape index (κ2) is 4.57. The van der Waals surface area contributed by atoms with Crippen molar-refractivity contribution in [2.24, 2.45) is 0 Å². The highest BCUT2D eigenvalue weighted by atomic mass is 16.5. The summed E-state index contributed by atoms with van der Waals surface area (Å²) in [5.74, 6) is 2.06. The van der Waals surface area contributed by atoms with Crippen molar-refractivity contribution in [3.63, 3.8) is 0 Å². The minimum Gasteiger partial charge on any atom is -0.497 e. The average Bonchev–Trinajstić information content (AvgIpc) is 2.91. The summed E-state index contributed by atoms with van der Waals surface area (Å²) in [4.78, 5) is 0. The Balaban J connectivity index is 2.04. The van der Waals surface area contributed by atoms with E-state index in [1.54, 1.807) is 7.11 Å². The van der Waals surface area contributed by atoms with Crippen LogP contribution >= 0.6 is 0 Å². The first-order valence-electron chi connectivity index (χ1n) is 6.45. The molecular formula is C14H19NO2. The van der Waals surface area contributed by atoms with Gasteiger partial charge in [-0.1, -0.05) is 0 Å². The number of ether oxygens (including phenoxy) is 2. The molecule has 0 bridgehead atoms. The summed E-state index contributed by atoms with van der Waals surface area (Å²) < 4.78 is 11.3. The maximum absolute atomic E-state index is 5.87. The monoisotopic (exact) mass is 233 g/mol. The summed E-state index contributed by atoms with van der Waals surface area (Å²) in [6.45, 7) is 1.95. The van der Waals surface area contributed by atoms with Gasteiger partial charge in [0.05, 0.1) is 13.7 Å². The number of rotatable bonds is 2. The third kappa shape index (κ3) is 2.00. The van der Waals surface area contributed by atoms with Crippen LogP contribution in [0.15, 0.2) is 12.1 Å². The van der Waals surface area contributed by atoms with Crippen LogP contribution in [0.4, 0.5) is 0 Å². The van der Waals surface area contributed by atoms with Crippen molar-refractivity contribution < 1.29 is 9.47 Å². The van der Waals surface area contributed by atoms with E-state index in [0.29, 0.717) is 6.04 Å². The fourth-order valence-corrected chi connectivity index (χ4v) is 2.81. The highest BCUT2D eigenvalue weighted by Crippen LogP contribution is 2.39. The number of methoxy groups -OCH3 is 1. The summed E-state index contributed by atoms with van der Waals surface area (Å²) in [7, 11) is 1.73. The molecule has 3 nitrogen and oxygen atoms in total. The third-order valence-electron chi connectivity index (χ3n) is 3.68. The molecule has 0 aliphatic carbocycles. The van der Waals surface area contributed by atoms with Gasteiger partial charge < -0.3 is 14.8 Å². The Morgan fingerprint density at radius 3 is 3.06 bits per heavy atom. The minimum atomic E-state index is 0.442. The van der Waals surface area contributed by atoms with Crippen LogP contribution in [0.25, 0.3) is 0 Å². The van der Waals surface area contributed by atoms with Crippen molar-refractivity contribution in [1.82, 2.24) is 5.32 Å². The predicted octanol–water partition coefficient (Wildman–Crippen LogP) is 2.44. The third-order valence-corrected chi connectivity index (χ3v) is 3.68. The Morgan fingerprint density at radius 2 is 2.29 bits per heavy atom. The molecule has 1 saturated heterocycles. The van der Waals surface area contributed by atoms with Crippen LogP contribution in [0, 0.1) is 0 Å². The van der Waals surface area contributed by atoms with Gasteiger partial charge in [-0.2, -0.15) is 0 Å². The molecule has 1 aromatic rings. The molecule has 0 unspecified atom stereocenters. The van der Waals surface area contributed by atoms with E-state index in [4.69, 9.17) is 9.47 Å². The molecular weight excluding hydrogens is 214 g/mol. The number of hydrogen-bond donors (Lipinski definition) is 1. The predicted molar refractivity (Wildman–Crippen MR) is 66.8 cm³/mol. The number of fused-ring (bicyclic) bond motifs is 1. The highest BCUT2D eigenvalue weighted by molar-refractivity contribution is 5.50. The van der Waals surface area contributed by atoms with Crippen LogP contribution in [-0.2, 0) is 6.42 Å². The van der Waals surface area contributed by atoms with Crippen molar-refractivity contribution in [2.75, 3.05) is 20.3 Å². The van der Waals surface area contributed by atoms with Crippen LogP contribution < -0.4 is 14.8 Å². The normalized spacial score (nSPS) is 23.0. The van der Waals surface area contributed by atoms with Crippen molar-refractivity contribution in [3.05, 3.63) is 23.3 Å². The molecule has 3 heteroatoms. The zero-order valence-corrected chi connectivity index (χ0v) is 10.3. The van der Waals surface area contributed by atoms with Gasteiger partial charge in [-0.15, -0.1) is 0 Å². The first-order valence-corrected chi connectivity index (χ1v) is 6.45. The van der Waals surface area contributed by atoms with E-state index < -0.39 is 0 Å². The summed E-state index contributed by atoms with van der Waals surface area (Å²) in [6, 6.07) is 4.69. The highest BCUT2D eigenvalue weighted by Gasteiger charge is 2.24. The lowest BCUT2D eigenvalue weighted by Gasteiger charge is -2.24. The Bertz CT molecular complexity index is 411. The summed E-state index contributed by atoms with van der Waals surface area (Å²) in [5.41, 5.74) is 2.59. The molecule has 1 aromatic carbocycles. The summed E-state index contributed by atoms with van der Waals surface area (Å²) in [5, 5.41) is 3.54. The zero-order chi connectivity index (χ0) is 11.7. The van der Waals surface area contributed by atoms with Gasteiger partial charge >= 0.3 is 0 Å². The topological polar surface area (TPSA) is 30.5 Å². The standard InChI is InChI=1S/C14H19NO2/c1-16-11-8-10-4-3-7-17-14(10)12(9-11)13-5-2-6-15-13/h8-9,13,15H,2-7H2,1H3/t13-/m1/s1. The molecule has 2 aliphatic rings. The molecule has 0 aromatic heterocycles. The van der Waals surface area contributed by atoms with Crippen LogP contribution in [0.1, 0.15) is 36.4 Å². The van der Waals surface area contributed by atoms with Crippen molar-refractivity contribution in [2.45, 2.75) is 31.7 Å². The van der Waals surface area contributed by atoms with Crippen molar-refractivity contribution in [3.8, 4) is 11.5 Å². The van der Waals surface area contributed by atoms with Gasteiger partial charge in [0.25, 0.3) is 0 Å². The first kappa shape index (κ1) is 10.9. The summed E-state index contributed by atoms with van der Waals surface area (Å²) >= 11 is 0. The molecule has 2 heterocycles. The number of aryl methyl sites for hydroxylation is 1. The molecule has 0 radical (unpaired) electrons. The molecule has 2 aliphatic heterocycles. The van der Waals surface area contributed by atoms with Gasteiger partial charge in [-0.25, -0.2) is 0 Å². The van der Waals surface area contributed by atoms with Crippen LogP contribution in [0.3, 0.4) is 0 Å². The van der Waals surface area contributed by atoms with Gasteiger partial charge in [-0.3, -0.25) is 0 Å². The van der Waals surface area contributed by atoms with Crippen molar-refractivity contribution in [1.29, 1.82) is 0 Å². The van der Waals surface area contributed by atoms with E-state index in [1.165, 1.54) is 24.0 Å². The largest absolute Gasteiger partial charge is 0.497 e. The van der Waals surface area contributed by atoms with E-state index >= 15 is 0 Å². The first-order chi connectivity index (χ1) is 8.38. The Labute approximate surface area is 102 Å². The van der Waals surface area contributed by atoms with Crippen LogP contribution in [0.2, 0.25) is 0 Å². The molecule has 3 rings (SSSR count). The van der Waals surface area contributed by atoms with E-state index in [9.17, 15) is 0 Å². The molecule has 0 spiro atoms. The van der Waals surface area contributed by atoms with E-state index in [0.717, 1.165) is 37.5 Å². The zero-order valence-electron chi connectivity index (χ0n) is 10.3. The SMILES string of the molecule is COc1cc2c(c([C@H]3CCCN3)c1)OCCC2. The van der Waals surface area contributed by atoms with Crippen LogP contribution in [-0.4, -0.2) is 20.3 Å². The molecule has 17 heavy (non-hydrogen) atoms. The van der Waals surface area contributed by atoms with Gasteiger partial charge in [0.1, 0.15) is 11.5 Å². The second-order valence-corrected chi connectivity index (χ2v) is 4.81. The maximum Gasteiger partial charge on any atom is 0.127 e. The second-order valence-electron chi connectivity index (χ2n) is 4.81. The lowest BCUT2D eigenvalue weighted by Crippen LogP contribution is -2.17. The van der Waals surface area contributed by atoms with Gasteiger partial charge in [0, 0.05) is 11.6 Å². The maximum atomic E-state index is 5.87. The van der Waals surface area contributed by atoms with E-state index in [-0.39, 0.29) is 0 Å². The Kier molecular flexibility index (Phi) is 2.93.